The third-order valence-electron chi connectivity index (χ3n) is 3.84. The molecule has 0 amide bonds. The summed E-state index contributed by atoms with van der Waals surface area (Å²) >= 11 is 3.92. The van der Waals surface area contributed by atoms with Crippen molar-refractivity contribution < 1.29 is 14.7 Å². The van der Waals surface area contributed by atoms with Gasteiger partial charge in [0.25, 0.3) is 0 Å². The van der Waals surface area contributed by atoms with Crippen LogP contribution in [-0.4, -0.2) is 16.2 Å². The zero-order valence-corrected chi connectivity index (χ0v) is 11.5. The fourth-order valence-corrected chi connectivity index (χ4v) is 3.28. The molecular weight excluding hydrogens is 236 g/mol. The highest BCUT2D eigenvalue weighted by molar-refractivity contribution is 7.96. The summed E-state index contributed by atoms with van der Waals surface area (Å²) in [4.78, 5) is 23.3. The molecule has 0 saturated heterocycles. The van der Waals surface area contributed by atoms with Gasteiger partial charge < -0.3 is 5.11 Å². The Balaban J connectivity index is 2.99. The molecule has 0 heterocycles. The van der Waals surface area contributed by atoms with Gasteiger partial charge in [-0.25, -0.2) is 0 Å². The van der Waals surface area contributed by atoms with Gasteiger partial charge in [0.05, 0.1) is 5.41 Å². The average molecular weight is 258 g/mol. The van der Waals surface area contributed by atoms with Crippen LogP contribution in [0.3, 0.4) is 0 Å². The van der Waals surface area contributed by atoms with Crippen LogP contribution in [0.2, 0.25) is 0 Å². The molecular formula is C13H22O3S. The summed E-state index contributed by atoms with van der Waals surface area (Å²) < 4.78 is 0. The molecule has 98 valence electrons. The molecule has 0 spiro atoms. The predicted octanol–water partition coefficient (Wildman–Crippen LogP) is 3.14. The molecule has 1 N–H and O–H groups in total. The molecule has 1 aliphatic carbocycles. The van der Waals surface area contributed by atoms with E-state index in [4.69, 9.17) is 0 Å². The Morgan fingerprint density at radius 3 is 2.12 bits per heavy atom. The van der Waals surface area contributed by atoms with Crippen LogP contribution in [0.1, 0.15) is 52.4 Å². The van der Waals surface area contributed by atoms with E-state index in [1.165, 1.54) is 0 Å². The van der Waals surface area contributed by atoms with Gasteiger partial charge in [0, 0.05) is 5.92 Å². The molecule has 1 fully saturated rings. The van der Waals surface area contributed by atoms with Crippen molar-refractivity contribution in [3.63, 3.8) is 0 Å². The molecule has 0 bridgehead atoms. The van der Waals surface area contributed by atoms with E-state index < -0.39 is 17.3 Å². The first-order valence-electron chi connectivity index (χ1n) is 6.36. The largest absolute Gasteiger partial charge is 0.481 e. The molecule has 3 nitrogen and oxygen atoms in total. The number of rotatable bonds is 5. The molecule has 0 aromatic rings. The maximum Gasteiger partial charge on any atom is 0.310 e. The van der Waals surface area contributed by atoms with Gasteiger partial charge in [-0.05, 0) is 25.2 Å². The predicted molar refractivity (Wildman–Crippen MR) is 70.1 cm³/mol. The van der Waals surface area contributed by atoms with E-state index in [0.29, 0.717) is 25.2 Å². The number of hydrogen-bond donors (Lipinski definition) is 2. The molecule has 0 radical (unpaired) electrons. The molecule has 1 aliphatic rings. The maximum absolute atomic E-state index is 11.7. The highest BCUT2D eigenvalue weighted by Gasteiger charge is 2.48. The van der Waals surface area contributed by atoms with Gasteiger partial charge in [-0.3, -0.25) is 9.59 Å². The summed E-state index contributed by atoms with van der Waals surface area (Å²) in [7, 11) is 0. The van der Waals surface area contributed by atoms with Crippen molar-refractivity contribution >= 4 is 23.7 Å². The van der Waals surface area contributed by atoms with E-state index in [0.717, 1.165) is 19.3 Å². The van der Waals surface area contributed by atoms with Crippen molar-refractivity contribution in [1.29, 1.82) is 0 Å². The first kappa shape index (κ1) is 14.6. The van der Waals surface area contributed by atoms with Crippen LogP contribution >= 0.6 is 12.6 Å². The van der Waals surface area contributed by atoms with E-state index in [-0.39, 0.29) is 5.12 Å². The number of aliphatic carboxylic acids is 1. The lowest BCUT2D eigenvalue weighted by Crippen LogP contribution is -2.43. The maximum atomic E-state index is 11.7. The van der Waals surface area contributed by atoms with Crippen LogP contribution < -0.4 is 0 Å². The number of carbonyl (C=O) groups is 2. The summed E-state index contributed by atoms with van der Waals surface area (Å²) in [5.41, 5.74) is -0.860. The quantitative estimate of drug-likeness (QED) is 0.745. The third kappa shape index (κ3) is 3.24. The lowest BCUT2D eigenvalue weighted by Gasteiger charge is -2.39. The van der Waals surface area contributed by atoms with Gasteiger partial charge in [-0.2, -0.15) is 0 Å². The highest BCUT2D eigenvalue weighted by atomic mass is 32.1. The van der Waals surface area contributed by atoms with Crippen LogP contribution in [0.4, 0.5) is 0 Å². The number of hydrogen-bond acceptors (Lipinski definition) is 2. The van der Waals surface area contributed by atoms with Crippen molar-refractivity contribution in [3.8, 4) is 0 Å². The van der Waals surface area contributed by atoms with Crippen LogP contribution in [0.5, 0.6) is 0 Å². The zero-order chi connectivity index (χ0) is 13.1. The number of thiol groups is 1. The van der Waals surface area contributed by atoms with Crippen molar-refractivity contribution in [2.24, 2.45) is 17.3 Å². The zero-order valence-electron chi connectivity index (χ0n) is 10.6. The van der Waals surface area contributed by atoms with Crippen molar-refractivity contribution in [3.05, 3.63) is 0 Å². The van der Waals surface area contributed by atoms with E-state index in [2.05, 4.69) is 12.6 Å². The smallest absolute Gasteiger partial charge is 0.310 e. The Hall–Kier alpha value is -0.510. The second-order valence-electron chi connectivity index (χ2n) is 5.54. The number of carbonyl (C=O) groups excluding carboxylic acids is 1. The van der Waals surface area contributed by atoms with E-state index in [1.807, 2.05) is 13.8 Å². The van der Waals surface area contributed by atoms with Crippen LogP contribution in [0, 0.1) is 17.3 Å². The van der Waals surface area contributed by atoms with Crippen LogP contribution in [0.25, 0.3) is 0 Å². The lowest BCUT2D eigenvalue weighted by atomic mass is 9.64. The minimum atomic E-state index is -0.860. The Morgan fingerprint density at radius 2 is 1.76 bits per heavy atom. The molecule has 1 saturated carbocycles. The minimum Gasteiger partial charge on any atom is -0.481 e. The molecule has 4 heteroatoms. The first-order chi connectivity index (χ1) is 7.90. The Morgan fingerprint density at radius 1 is 1.24 bits per heavy atom. The van der Waals surface area contributed by atoms with E-state index in [9.17, 15) is 14.7 Å². The Labute approximate surface area is 108 Å². The fourth-order valence-electron chi connectivity index (χ4n) is 2.93. The molecule has 0 aromatic heterocycles. The van der Waals surface area contributed by atoms with Gasteiger partial charge >= 0.3 is 5.97 Å². The molecule has 17 heavy (non-hydrogen) atoms. The second kappa shape index (κ2) is 5.89. The summed E-state index contributed by atoms with van der Waals surface area (Å²) in [5, 5.41) is 9.27. The Kier molecular flexibility index (Phi) is 5.04. The SMILES string of the molecule is CC(C)CC(C(=O)S)C1(C(=O)O)CCCCC1. The third-order valence-corrected chi connectivity index (χ3v) is 4.16. The summed E-state index contributed by atoms with van der Waals surface area (Å²) in [6, 6.07) is 0. The van der Waals surface area contributed by atoms with Gasteiger partial charge in [-0.15, -0.1) is 12.6 Å². The molecule has 0 aliphatic heterocycles. The van der Waals surface area contributed by atoms with Crippen molar-refractivity contribution in [1.82, 2.24) is 0 Å². The highest BCUT2D eigenvalue weighted by Crippen LogP contribution is 2.46. The average Bonchev–Trinajstić information content (AvgIpc) is 2.26. The fraction of sp³-hybridized carbons (Fsp3) is 0.846. The molecule has 1 rings (SSSR count). The first-order valence-corrected chi connectivity index (χ1v) is 6.81. The van der Waals surface area contributed by atoms with Gasteiger partial charge in [0.15, 0.2) is 5.12 Å². The normalized spacial score (nSPS) is 21.2. The lowest BCUT2D eigenvalue weighted by molar-refractivity contribution is -0.158. The summed E-state index contributed by atoms with van der Waals surface area (Å²) in [5.74, 6) is -0.942. The number of carboxylic acids is 1. The van der Waals surface area contributed by atoms with Crippen molar-refractivity contribution in [2.45, 2.75) is 52.4 Å². The molecule has 1 unspecified atom stereocenters. The van der Waals surface area contributed by atoms with Crippen molar-refractivity contribution in [2.75, 3.05) is 0 Å². The number of carboxylic acid groups (broad SMARTS) is 1. The standard InChI is InChI=1S/C13H22O3S/c1-9(2)8-10(11(14)17)13(12(15)16)6-4-3-5-7-13/h9-10H,3-8H2,1-2H3,(H,14,17)(H,15,16). The second-order valence-corrected chi connectivity index (χ2v) is 5.98. The molecule has 0 aromatic carbocycles. The topological polar surface area (TPSA) is 54.4 Å². The molecule has 1 atom stereocenters. The Bertz CT molecular complexity index is 293. The van der Waals surface area contributed by atoms with Gasteiger partial charge in [0.1, 0.15) is 0 Å². The van der Waals surface area contributed by atoms with Crippen LogP contribution in [-0.2, 0) is 9.59 Å². The van der Waals surface area contributed by atoms with Gasteiger partial charge in [0.2, 0.25) is 0 Å². The summed E-state index contributed by atoms with van der Waals surface area (Å²) in [6.07, 6.45) is 4.74. The van der Waals surface area contributed by atoms with E-state index >= 15 is 0 Å². The van der Waals surface area contributed by atoms with Crippen LogP contribution in [0.15, 0.2) is 0 Å². The summed E-state index contributed by atoms with van der Waals surface area (Å²) in [6.45, 7) is 4.03. The minimum absolute atomic E-state index is 0.261. The van der Waals surface area contributed by atoms with Gasteiger partial charge in [-0.1, -0.05) is 33.1 Å². The monoisotopic (exact) mass is 258 g/mol. The van der Waals surface area contributed by atoms with E-state index in [1.54, 1.807) is 0 Å².